The Bertz CT molecular complexity index is 388. The van der Waals surface area contributed by atoms with E-state index in [-0.39, 0.29) is 0 Å². The Kier molecular flexibility index (Phi) is 1.71. The van der Waals surface area contributed by atoms with Gasteiger partial charge < -0.3 is 4.74 Å². The summed E-state index contributed by atoms with van der Waals surface area (Å²) in [6, 6.07) is 15.0. The zero-order chi connectivity index (χ0) is 8.39. The van der Waals surface area contributed by atoms with E-state index >= 15 is 0 Å². The van der Waals surface area contributed by atoms with Crippen LogP contribution in [-0.4, -0.2) is 7.11 Å². The molecule has 0 aromatic heterocycles. The van der Waals surface area contributed by atoms with Gasteiger partial charge in [-0.1, -0.05) is 30.3 Å². The summed E-state index contributed by atoms with van der Waals surface area (Å²) in [6.45, 7) is 0. The van der Waals surface area contributed by atoms with Crippen LogP contribution in [0.25, 0.3) is 10.8 Å². The first-order valence-corrected chi connectivity index (χ1v) is 3.85. The Morgan fingerprint density at radius 1 is 1.17 bits per heavy atom. The highest BCUT2D eigenvalue weighted by Gasteiger charge is 1.97. The van der Waals surface area contributed by atoms with Gasteiger partial charge in [0.25, 0.3) is 0 Å². The summed E-state index contributed by atoms with van der Waals surface area (Å²) in [4.78, 5) is 0. The third-order valence-corrected chi connectivity index (χ3v) is 1.89. The number of hydrogen-bond acceptors (Lipinski definition) is 1. The minimum absolute atomic E-state index is 0.813. The summed E-state index contributed by atoms with van der Waals surface area (Å²) < 4.78 is 5.17. The maximum Gasteiger partial charge on any atom is 0.134 e. The zero-order valence-corrected chi connectivity index (χ0v) is 6.87. The van der Waals surface area contributed by atoms with Crippen molar-refractivity contribution in [2.75, 3.05) is 7.11 Å². The van der Waals surface area contributed by atoms with E-state index in [4.69, 9.17) is 4.74 Å². The van der Waals surface area contributed by atoms with Crippen LogP contribution in [0.5, 0.6) is 5.75 Å². The summed E-state index contributed by atoms with van der Waals surface area (Å²) >= 11 is 0. The number of benzene rings is 2. The Hall–Kier alpha value is -1.50. The molecule has 0 bridgehead atoms. The molecule has 0 atom stereocenters. The molecular weight excluding hydrogens is 148 g/mol. The van der Waals surface area contributed by atoms with E-state index in [9.17, 15) is 0 Å². The largest absolute Gasteiger partial charge is 0.495 e. The van der Waals surface area contributed by atoms with Gasteiger partial charge >= 0.3 is 0 Å². The number of ether oxygens (including phenoxy) is 1. The first-order valence-electron chi connectivity index (χ1n) is 3.85. The number of hydrogen-bond donors (Lipinski definition) is 0. The summed E-state index contributed by atoms with van der Waals surface area (Å²) in [6.07, 6.45) is 0. The minimum Gasteiger partial charge on any atom is -0.495 e. The maximum absolute atomic E-state index is 5.17. The van der Waals surface area contributed by atoms with Crippen molar-refractivity contribution in [2.24, 2.45) is 0 Å². The van der Waals surface area contributed by atoms with E-state index in [0.29, 0.717) is 0 Å². The molecule has 0 saturated carbocycles. The van der Waals surface area contributed by atoms with E-state index in [1.54, 1.807) is 7.11 Å². The molecule has 0 unspecified atom stereocenters. The van der Waals surface area contributed by atoms with Gasteiger partial charge in [0, 0.05) is 11.5 Å². The van der Waals surface area contributed by atoms with Crippen molar-refractivity contribution in [3.63, 3.8) is 0 Å². The fourth-order valence-corrected chi connectivity index (χ4v) is 1.30. The van der Waals surface area contributed by atoms with Crippen LogP contribution in [0.3, 0.4) is 0 Å². The lowest BCUT2D eigenvalue weighted by Gasteiger charge is -2.02. The fourth-order valence-electron chi connectivity index (χ4n) is 1.30. The van der Waals surface area contributed by atoms with Crippen LogP contribution in [0.1, 0.15) is 0 Å². The van der Waals surface area contributed by atoms with Gasteiger partial charge in [-0.2, -0.15) is 0 Å². The van der Waals surface area contributed by atoms with Crippen LogP contribution in [-0.2, 0) is 0 Å². The molecule has 0 saturated heterocycles. The number of rotatable bonds is 1. The highest BCUT2D eigenvalue weighted by atomic mass is 16.5. The second-order valence-electron chi connectivity index (χ2n) is 2.60. The van der Waals surface area contributed by atoms with Crippen LogP contribution < -0.4 is 4.74 Å². The third kappa shape index (κ3) is 1.03. The molecule has 0 N–H and O–H groups in total. The van der Waals surface area contributed by atoms with E-state index in [1.807, 2.05) is 30.3 Å². The molecule has 0 aliphatic carbocycles. The number of fused-ring (bicyclic) bond motifs is 1. The average Bonchev–Trinajstić information content (AvgIpc) is 2.17. The molecule has 0 aliphatic rings. The molecule has 1 nitrogen and oxygen atoms in total. The van der Waals surface area contributed by atoms with Gasteiger partial charge in [-0.05, 0) is 11.5 Å². The molecule has 0 fully saturated rings. The summed E-state index contributed by atoms with van der Waals surface area (Å²) in [5.74, 6) is 0.813. The molecular formula is C11H9O. The smallest absolute Gasteiger partial charge is 0.134 e. The SMILES string of the molecule is COc1[c]ccc2ccccc12. The molecule has 1 radical (unpaired) electrons. The standard InChI is InChI=1S/C11H9O/c1-12-11-8-4-6-9-5-2-3-7-10(9)11/h2-7H,1H3. The first kappa shape index (κ1) is 7.17. The minimum atomic E-state index is 0.813. The van der Waals surface area contributed by atoms with Crippen molar-refractivity contribution < 1.29 is 4.74 Å². The Morgan fingerprint density at radius 3 is 2.83 bits per heavy atom. The van der Waals surface area contributed by atoms with Crippen LogP contribution in [0, 0.1) is 6.07 Å². The van der Waals surface area contributed by atoms with E-state index in [1.165, 1.54) is 5.39 Å². The predicted octanol–water partition coefficient (Wildman–Crippen LogP) is 2.65. The highest BCUT2D eigenvalue weighted by Crippen LogP contribution is 2.23. The second-order valence-corrected chi connectivity index (χ2v) is 2.60. The van der Waals surface area contributed by atoms with Crippen molar-refractivity contribution in [3.05, 3.63) is 42.5 Å². The molecule has 2 aromatic carbocycles. The molecule has 0 aliphatic heterocycles. The van der Waals surface area contributed by atoms with Gasteiger partial charge in [0.05, 0.1) is 7.11 Å². The second kappa shape index (κ2) is 2.86. The highest BCUT2D eigenvalue weighted by molar-refractivity contribution is 5.87. The van der Waals surface area contributed by atoms with E-state index < -0.39 is 0 Å². The molecule has 0 heterocycles. The number of methoxy groups -OCH3 is 1. The van der Waals surface area contributed by atoms with Crippen molar-refractivity contribution in [2.45, 2.75) is 0 Å². The molecule has 2 rings (SSSR count). The summed E-state index contributed by atoms with van der Waals surface area (Å²) in [5, 5.41) is 2.30. The van der Waals surface area contributed by atoms with Gasteiger partial charge in [0.2, 0.25) is 0 Å². The molecule has 12 heavy (non-hydrogen) atoms. The monoisotopic (exact) mass is 157 g/mol. The maximum atomic E-state index is 5.17. The molecule has 1 heteroatoms. The predicted molar refractivity (Wildman–Crippen MR) is 49.3 cm³/mol. The van der Waals surface area contributed by atoms with Crippen molar-refractivity contribution in [1.29, 1.82) is 0 Å². The van der Waals surface area contributed by atoms with Crippen LogP contribution >= 0.6 is 0 Å². The normalized spacial score (nSPS) is 10.1. The lowest BCUT2D eigenvalue weighted by molar-refractivity contribution is 0.419. The first-order chi connectivity index (χ1) is 5.92. The van der Waals surface area contributed by atoms with E-state index in [2.05, 4.69) is 12.1 Å². The summed E-state index contributed by atoms with van der Waals surface area (Å²) in [7, 11) is 1.66. The molecule has 59 valence electrons. The van der Waals surface area contributed by atoms with Gasteiger partial charge in [-0.15, -0.1) is 0 Å². The molecule has 0 amide bonds. The summed E-state index contributed by atoms with van der Waals surface area (Å²) in [5.41, 5.74) is 0. The molecule has 0 spiro atoms. The van der Waals surface area contributed by atoms with Crippen LogP contribution in [0.2, 0.25) is 0 Å². The topological polar surface area (TPSA) is 9.23 Å². The van der Waals surface area contributed by atoms with Crippen molar-refractivity contribution >= 4 is 10.8 Å². The van der Waals surface area contributed by atoms with Crippen LogP contribution in [0.15, 0.2) is 36.4 Å². The van der Waals surface area contributed by atoms with Gasteiger partial charge in [0.1, 0.15) is 5.75 Å². The quantitative estimate of drug-likeness (QED) is 0.618. The lowest BCUT2D eigenvalue weighted by atomic mass is 10.1. The third-order valence-electron chi connectivity index (χ3n) is 1.89. The van der Waals surface area contributed by atoms with Gasteiger partial charge in [-0.3, -0.25) is 0 Å². The molecule has 2 aromatic rings. The Labute approximate surface area is 71.6 Å². The van der Waals surface area contributed by atoms with E-state index in [0.717, 1.165) is 11.1 Å². The van der Waals surface area contributed by atoms with Gasteiger partial charge in [-0.25, -0.2) is 0 Å². The van der Waals surface area contributed by atoms with Crippen LogP contribution in [0.4, 0.5) is 0 Å². The Morgan fingerprint density at radius 2 is 2.00 bits per heavy atom. The lowest BCUT2D eigenvalue weighted by Crippen LogP contribution is -1.83. The average molecular weight is 157 g/mol. The fraction of sp³-hybridized carbons (Fsp3) is 0.0909. The van der Waals surface area contributed by atoms with Gasteiger partial charge in [0.15, 0.2) is 0 Å². The van der Waals surface area contributed by atoms with Crippen molar-refractivity contribution in [1.82, 2.24) is 0 Å². The zero-order valence-electron chi connectivity index (χ0n) is 6.87. The van der Waals surface area contributed by atoms with Crippen molar-refractivity contribution in [3.8, 4) is 5.75 Å². The Balaban J connectivity index is 2.79.